The van der Waals surface area contributed by atoms with Crippen LogP contribution in [0.15, 0.2) is 30.0 Å². The van der Waals surface area contributed by atoms with Gasteiger partial charge in [-0.15, -0.1) is 13.2 Å². The third-order valence-electron chi connectivity index (χ3n) is 2.61. The normalized spacial score (nSPS) is 11.5. The molecule has 0 unspecified atom stereocenters. The number of hydrogen-bond acceptors (Lipinski definition) is 7. The van der Waals surface area contributed by atoms with Gasteiger partial charge in [-0.1, -0.05) is 6.07 Å². The third kappa shape index (κ3) is 5.71. The number of benzene rings is 1. The summed E-state index contributed by atoms with van der Waals surface area (Å²) in [4.78, 5) is 34.2. The maximum atomic E-state index is 12.5. The number of carboxylic acids is 1. The topological polar surface area (TPSA) is 111 Å². The molecular formula is C14H12F3NO7. The van der Waals surface area contributed by atoms with E-state index >= 15 is 0 Å². The minimum absolute atomic E-state index is 0.585. The molecule has 0 fully saturated rings. The number of hydrogen-bond donors (Lipinski definition) is 2. The average molecular weight is 363 g/mol. The van der Waals surface area contributed by atoms with Crippen molar-refractivity contribution in [1.82, 2.24) is 0 Å². The lowest BCUT2D eigenvalue weighted by atomic mass is 10.1. The standard InChI is InChI=1S/C14H12F3NO7/c1-23-10(19)6-8(13(22)24-2)18-11-7(12(20)21)4-3-5-9(11)25-14(15,16)17/h3-6,18H,1-2H3,(H,20,21)/b8-6+. The summed E-state index contributed by atoms with van der Waals surface area (Å²) in [6.45, 7) is 0. The molecule has 0 heterocycles. The molecule has 0 aliphatic carbocycles. The highest BCUT2D eigenvalue weighted by Crippen LogP contribution is 2.34. The lowest BCUT2D eigenvalue weighted by molar-refractivity contribution is -0.274. The van der Waals surface area contributed by atoms with Crippen LogP contribution in [0.2, 0.25) is 0 Å². The van der Waals surface area contributed by atoms with E-state index in [1.165, 1.54) is 0 Å². The number of aromatic carboxylic acids is 1. The van der Waals surface area contributed by atoms with Gasteiger partial charge in [-0.25, -0.2) is 14.4 Å². The van der Waals surface area contributed by atoms with E-state index in [-0.39, 0.29) is 0 Å². The first-order valence-electron chi connectivity index (χ1n) is 6.36. The van der Waals surface area contributed by atoms with E-state index in [4.69, 9.17) is 5.11 Å². The lowest BCUT2D eigenvalue weighted by Crippen LogP contribution is -2.21. The van der Waals surface area contributed by atoms with Gasteiger partial charge in [-0.2, -0.15) is 0 Å². The summed E-state index contributed by atoms with van der Waals surface area (Å²) >= 11 is 0. The Morgan fingerprint density at radius 3 is 2.28 bits per heavy atom. The van der Waals surface area contributed by atoms with Crippen molar-refractivity contribution in [3.63, 3.8) is 0 Å². The number of alkyl halides is 3. The molecule has 0 aliphatic rings. The predicted molar refractivity (Wildman–Crippen MR) is 75.8 cm³/mol. The average Bonchev–Trinajstić information content (AvgIpc) is 2.52. The second-order valence-electron chi connectivity index (χ2n) is 4.23. The van der Waals surface area contributed by atoms with Crippen molar-refractivity contribution < 1.29 is 46.9 Å². The summed E-state index contributed by atoms with van der Waals surface area (Å²) in [5, 5.41) is 11.2. The number of carbonyl (C=O) groups is 3. The minimum atomic E-state index is -5.12. The van der Waals surface area contributed by atoms with E-state index in [1.807, 2.05) is 0 Å². The van der Waals surface area contributed by atoms with Gasteiger partial charge in [-0.05, 0) is 12.1 Å². The van der Waals surface area contributed by atoms with E-state index in [0.717, 1.165) is 32.4 Å². The number of carbonyl (C=O) groups excluding carboxylic acids is 2. The molecule has 0 bridgehead atoms. The molecule has 1 aromatic carbocycles. The van der Waals surface area contributed by atoms with Crippen molar-refractivity contribution in [2.75, 3.05) is 19.5 Å². The van der Waals surface area contributed by atoms with Crippen LogP contribution in [-0.4, -0.2) is 43.6 Å². The number of rotatable bonds is 6. The first-order chi connectivity index (χ1) is 11.6. The van der Waals surface area contributed by atoms with E-state index in [9.17, 15) is 27.6 Å². The Bertz CT molecular complexity index is 713. The Kier molecular flexibility index (Phi) is 6.37. The van der Waals surface area contributed by atoms with Crippen LogP contribution in [0.5, 0.6) is 5.75 Å². The molecule has 136 valence electrons. The van der Waals surface area contributed by atoms with Crippen LogP contribution < -0.4 is 10.1 Å². The molecule has 1 rings (SSSR count). The highest BCUT2D eigenvalue weighted by Gasteiger charge is 2.33. The van der Waals surface area contributed by atoms with Gasteiger partial charge in [-0.3, -0.25) is 0 Å². The van der Waals surface area contributed by atoms with E-state index in [0.29, 0.717) is 6.08 Å². The molecule has 0 aliphatic heterocycles. The van der Waals surface area contributed by atoms with Gasteiger partial charge in [0.2, 0.25) is 0 Å². The van der Waals surface area contributed by atoms with E-state index < -0.39 is 47.0 Å². The molecule has 25 heavy (non-hydrogen) atoms. The molecule has 0 saturated carbocycles. The monoisotopic (exact) mass is 363 g/mol. The Morgan fingerprint density at radius 1 is 1.16 bits per heavy atom. The maximum Gasteiger partial charge on any atom is 0.573 e. The van der Waals surface area contributed by atoms with Crippen molar-refractivity contribution in [2.24, 2.45) is 0 Å². The fourth-order valence-electron chi connectivity index (χ4n) is 1.62. The second kappa shape index (κ2) is 8.04. The lowest BCUT2D eigenvalue weighted by Gasteiger charge is -2.17. The quantitative estimate of drug-likeness (QED) is 0.583. The Morgan fingerprint density at radius 2 is 1.80 bits per heavy atom. The first-order valence-corrected chi connectivity index (χ1v) is 6.36. The summed E-state index contributed by atoms with van der Waals surface area (Å²) in [5.41, 5.74) is -2.00. The van der Waals surface area contributed by atoms with Crippen molar-refractivity contribution in [2.45, 2.75) is 6.36 Å². The Hall–Kier alpha value is -3.24. The number of para-hydroxylation sites is 1. The zero-order valence-corrected chi connectivity index (χ0v) is 12.8. The highest BCUT2D eigenvalue weighted by atomic mass is 19.4. The zero-order chi connectivity index (χ0) is 19.2. The smallest absolute Gasteiger partial charge is 0.478 e. The van der Waals surface area contributed by atoms with Gasteiger partial charge in [0.25, 0.3) is 0 Å². The molecule has 0 amide bonds. The molecule has 0 spiro atoms. The number of ether oxygens (including phenoxy) is 3. The third-order valence-corrected chi connectivity index (χ3v) is 2.61. The highest BCUT2D eigenvalue weighted by molar-refractivity contribution is 6.02. The van der Waals surface area contributed by atoms with Gasteiger partial charge >= 0.3 is 24.3 Å². The maximum absolute atomic E-state index is 12.5. The molecule has 2 N–H and O–H groups in total. The molecule has 8 nitrogen and oxygen atoms in total. The number of anilines is 1. The van der Waals surface area contributed by atoms with Crippen LogP contribution in [0, 0.1) is 0 Å². The summed E-state index contributed by atoms with van der Waals surface area (Å²) in [5.74, 6) is -4.70. The van der Waals surface area contributed by atoms with Gasteiger partial charge in [0.05, 0.1) is 31.5 Å². The predicted octanol–water partition coefficient (Wildman–Crippen LogP) is 1.93. The summed E-state index contributed by atoms with van der Waals surface area (Å²) in [6.07, 6.45) is -4.53. The zero-order valence-electron chi connectivity index (χ0n) is 12.8. The minimum Gasteiger partial charge on any atom is -0.478 e. The summed E-state index contributed by atoms with van der Waals surface area (Å²) in [6, 6.07) is 2.81. The van der Waals surface area contributed by atoms with Crippen LogP contribution in [0.1, 0.15) is 10.4 Å². The molecule has 0 aromatic heterocycles. The first kappa shape index (κ1) is 19.8. The number of halogens is 3. The van der Waals surface area contributed by atoms with Gasteiger partial charge in [0, 0.05) is 0 Å². The molecule has 0 saturated heterocycles. The summed E-state index contributed by atoms with van der Waals surface area (Å²) in [7, 11) is 1.95. The second-order valence-corrected chi connectivity index (χ2v) is 4.23. The summed E-state index contributed by atoms with van der Waals surface area (Å²) < 4.78 is 50.0. The number of nitrogens with one attached hydrogen (secondary N) is 1. The van der Waals surface area contributed by atoms with Crippen molar-refractivity contribution >= 4 is 23.6 Å². The van der Waals surface area contributed by atoms with Crippen LogP contribution in [0.25, 0.3) is 0 Å². The molecular weight excluding hydrogens is 351 g/mol. The molecule has 11 heteroatoms. The van der Waals surface area contributed by atoms with E-state index in [1.54, 1.807) is 0 Å². The van der Waals surface area contributed by atoms with Crippen molar-refractivity contribution in [1.29, 1.82) is 0 Å². The van der Waals surface area contributed by atoms with Crippen LogP contribution in [0.4, 0.5) is 18.9 Å². The van der Waals surface area contributed by atoms with Crippen LogP contribution in [-0.2, 0) is 19.1 Å². The van der Waals surface area contributed by atoms with Crippen LogP contribution >= 0.6 is 0 Å². The van der Waals surface area contributed by atoms with Gasteiger partial charge in [0.15, 0.2) is 5.75 Å². The van der Waals surface area contributed by atoms with Gasteiger partial charge in [0.1, 0.15) is 5.70 Å². The van der Waals surface area contributed by atoms with E-state index in [2.05, 4.69) is 19.5 Å². The molecule has 0 atom stereocenters. The Labute approximate surface area is 138 Å². The largest absolute Gasteiger partial charge is 0.573 e. The molecule has 1 aromatic rings. The fraction of sp³-hybridized carbons (Fsp3) is 0.214. The number of carboxylic acid groups (broad SMARTS) is 1. The number of esters is 2. The van der Waals surface area contributed by atoms with Crippen molar-refractivity contribution in [3.05, 3.63) is 35.5 Å². The van der Waals surface area contributed by atoms with Gasteiger partial charge < -0.3 is 24.6 Å². The number of methoxy groups -OCH3 is 2. The molecule has 0 radical (unpaired) electrons. The fourth-order valence-corrected chi connectivity index (χ4v) is 1.62. The van der Waals surface area contributed by atoms with Crippen molar-refractivity contribution in [3.8, 4) is 5.75 Å². The SMILES string of the molecule is COC(=O)/C=C(/Nc1c(OC(F)(F)F)cccc1C(=O)O)C(=O)OC. The van der Waals surface area contributed by atoms with Crippen LogP contribution in [0.3, 0.4) is 0 Å². The Balaban J connectivity index is 3.45.